The number of nitrogens with one attached hydrogen (secondary N) is 2. The fourth-order valence-corrected chi connectivity index (χ4v) is 2.60. The Kier molecular flexibility index (Phi) is 4.31. The van der Waals surface area contributed by atoms with Crippen LogP contribution in [0.2, 0.25) is 0 Å². The van der Waals surface area contributed by atoms with E-state index in [0.717, 1.165) is 6.07 Å². The van der Waals surface area contributed by atoms with Gasteiger partial charge in [0.05, 0.1) is 18.7 Å². The highest BCUT2D eigenvalue weighted by Gasteiger charge is 2.24. The first kappa shape index (κ1) is 16.4. The molecular weight excluding hydrogens is 325 g/mol. The van der Waals surface area contributed by atoms with E-state index >= 15 is 0 Å². The molecule has 0 saturated carbocycles. The predicted octanol–water partition coefficient (Wildman–Crippen LogP) is 2.14. The van der Waals surface area contributed by atoms with E-state index < -0.39 is 11.9 Å². The standard InChI is InChI=1S/C17H14FN5O2/c1-9-8-22-13(18)7-10(9)14-11(19-2)3-4-12(24)15(14)16(25)23-17-20-5-6-21-17/h3-4,7-8,24H,5-6H2,1H3,(H2,20,21,23,25). The van der Waals surface area contributed by atoms with Gasteiger partial charge in [0, 0.05) is 24.4 Å². The van der Waals surface area contributed by atoms with Crippen LogP contribution in [0, 0.1) is 19.4 Å². The van der Waals surface area contributed by atoms with Crippen molar-refractivity contribution < 1.29 is 14.3 Å². The molecule has 126 valence electrons. The van der Waals surface area contributed by atoms with Crippen LogP contribution in [-0.2, 0) is 0 Å². The van der Waals surface area contributed by atoms with Gasteiger partial charge in [-0.2, -0.15) is 4.39 Å². The van der Waals surface area contributed by atoms with Crippen LogP contribution in [0.3, 0.4) is 0 Å². The van der Waals surface area contributed by atoms with E-state index in [4.69, 9.17) is 6.57 Å². The summed E-state index contributed by atoms with van der Waals surface area (Å²) in [5.41, 5.74) is 1.06. The molecule has 0 spiro atoms. The third kappa shape index (κ3) is 3.12. The number of amides is 1. The predicted molar refractivity (Wildman–Crippen MR) is 90.1 cm³/mol. The fraction of sp³-hybridized carbons (Fsp3) is 0.176. The van der Waals surface area contributed by atoms with Gasteiger partial charge in [0.2, 0.25) is 5.95 Å². The number of benzene rings is 1. The molecule has 1 aliphatic rings. The number of carbonyl (C=O) groups excluding carboxylic acids is 1. The maximum Gasteiger partial charge on any atom is 0.261 e. The van der Waals surface area contributed by atoms with Crippen molar-refractivity contribution >= 4 is 17.6 Å². The molecule has 0 atom stereocenters. The summed E-state index contributed by atoms with van der Waals surface area (Å²) in [6.45, 7) is 10.2. The lowest BCUT2D eigenvalue weighted by Crippen LogP contribution is -2.38. The van der Waals surface area contributed by atoms with E-state index in [2.05, 4.69) is 25.5 Å². The van der Waals surface area contributed by atoms with Crippen LogP contribution in [0.25, 0.3) is 16.0 Å². The monoisotopic (exact) mass is 339 g/mol. The maximum atomic E-state index is 13.6. The van der Waals surface area contributed by atoms with Gasteiger partial charge in [-0.05, 0) is 24.1 Å². The summed E-state index contributed by atoms with van der Waals surface area (Å²) < 4.78 is 13.6. The SMILES string of the molecule is [C-]#[N+]c1ccc(O)c(C(=O)NC2=NCCN2)c1-c1cc(F)ncc1C. The molecule has 8 heteroatoms. The number of hydrogen-bond acceptors (Lipinski definition) is 5. The minimum absolute atomic E-state index is 0.112. The number of guanidine groups is 1. The Morgan fingerprint density at radius 2 is 2.28 bits per heavy atom. The highest BCUT2D eigenvalue weighted by Crippen LogP contribution is 2.39. The first-order valence-electron chi connectivity index (χ1n) is 7.47. The van der Waals surface area contributed by atoms with Crippen LogP contribution in [0.1, 0.15) is 15.9 Å². The summed E-state index contributed by atoms with van der Waals surface area (Å²) >= 11 is 0. The molecule has 2 heterocycles. The first-order chi connectivity index (χ1) is 12.0. The lowest BCUT2D eigenvalue weighted by molar-refractivity contribution is 0.0974. The quantitative estimate of drug-likeness (QED) is 0.577. The maximum absolute atomic E-state index is 13.6. The molecule has 25 heavy (non-hydrogen) atoms. The number of aromatic nitrogens is 1. The van der Waals surface area contributed by atoms with Gasteiger partial charge >= 0.3 is 0 Å². The lowest BCUT2D eigenvalue weighted by Gasteiger charge is -2.15. The smallest absolute Gasteiger partial charge is 0.261 e. The Balaban J connectivity index is 2.19. The molecule has 3 rings (SSSR count). The first-order valence-corrected chi connectivity index (χ1v) is 7.47. The Morgan fingerprint density at radius 1 is 1.48 bits per heavy atom. The van der Waals surface area contributed by atoms with Gasteiger partial charge in [0.15, 0.2) is 11.6 Å². The molecule has 0 radical (unpaired) electrons. The van der Waals surface area contributed by atoms with E-state index in [-0.39, 0.29) is 22.6 Å². The van der Waals surface area contributed by atoms with Crippen molar-refractivity contribution in [2.75, 3.05) is 13.1 Å². The molecule has 0 bridgehead atoms. The van der Waals surface area contributed by atoms with E-state index in [0.29, 0.717) is 30.2 Å². The number of phenols is 1. The summed E-state index contributed by atoms with van der Waals surface area (Å²) in [6.07, 6.45) is 1.31. The average Bonchev–Trinajstić information content (AvgIpc) is 3.09. The third-order valence-corrected chi connectivity index (χ3v) is 3.75. The summed E-state index contributed by atoms with van der Waals surface area (Å²) in [5, 5.41) is 15.7. The van der Waals surface area contributed by atoms with E-state index in [1.165, 1.54) is 18.3 Å². The van der Waals surface area contributed by atoms with Crippen molar-refractivity contribution in [1.29, 1.82) is 0 Å². The summed E-state index contributed by atoms with van der Waals surface area (Å²) in [5.74, 6) is -1.40. The zero-order valence-corrected chi connectivity index (χ0v) is 13.3. The van der Waals surface area contributed by atoms with Crippen LogP contribution in [0.4, 0.5) is 10.1 Å². The van der Waals surface area contributed by atoms with Crippen molar-refractivity contribution in [3.63, 3.8) is 0 Å². The molecule has 0 unspecified atom stereocenters. The molecule has 3 N–H and O–H groups in total. The molecule has 0 aliphatic carbocycles. The Hall–Kier alpha value is -3.47. The van der Waals surface area contributed by atoms with Gasteiger partial charge in [-0.3, -0.25) is 15.1 Å². The molecule has 7 nitrogen and oxygen atoms in total. The zero-order chi connectivity index (χ0) is 18.0. The van der Waals surface area contributed by atoms with Crippen LogP contribution >= 0.6 is 0 Å². The lowest BCUT2D eigenvalue weighted by atomic mass is 9.94. The molecule has 1 aromatic heterocycles. The van der Waals surface area contributed by atoms with E-state index in [9.17, 15) is 14.3 Å². The third-order valence-electron chi connectivity index (χ3n) is 3.75. The number of rotatable bonds is 2. The minimum atomic E-state index is -0.743. The normalized spacial score (nSPS) is 12.9. The molecule has 1 aliphatic heterocycles. The number of pyridine rings is 1. The van der Waals surface area contributed by atoms with Gasteiger partial charge in [0.25, 0.3) is 5.91 Å². The van der Waals surface area contributed by atoms with Crippen molar-refractivity contribution in [2.24, 2.45) is 4.99 Å². The average molecular weight is 339 g/mol. The Labute approximate surface area is 143 Å². The Bertz CT molecular complexity index is 933. The van der Waals surface area contributed by atoms with Crippen LogP contribution < -0.4 is 10.6 Å². The number of nitrogens with zero attached hydrogens (tertiary/aromatic N) is 3. The molecule has 0 fully saturated rings. The second-order valence-corrected chi connectivity index (χ2v) is 5.40. The molecule has 1 amide bonds. The topological polar surface area (TPSA) is 91.0 Å². The summed E-state index contributed by atoms with van der Waals surface area (Å²) in [4.78, 5) is 23.7. The second kappa shape index (κ2) is 6.57. The van der Waals surface area contributed by atoms with Gasteiger partial charge in [0.1, 0.15) is 5.75 Å². The van der Waals surface area contributed by atoms with Crippen molar-refractivity contribution in [2.45, 2.75) is 6.92 Å². The van der Waals surface area contributed by atoms with Crippen molar-refractivity contribution in [1.82, 2.24) is 15.6 Å². The van der Waals surface area contributed by atoms with Crippen molar-refractivity contribution in [3.8, 4) is 16.9 Å². The van der Waals surface area contributed by atoms with E-state index in [1.807, 2.05) is 0 Å². The number of hydrogen-bond donors (Lipinski definition) is 3. The van der Waals surface area contributed by atoms with Gasteiger partial charge in [-0.1, -0.05) is 6.07 Å². The van der Waals surface area contributed by atoms with Gasteiger partial charge < -0.3 is 10.4 Å². The second-order valence-electron chi connectivity index (χ2n) is 5.40. The van der Waals surface area contributed by atoms with Crippen LogP contribution in [0.5, 0.6) is 5.75 Å². The highest BCUT2D eigenvalue weighted by molar-refractivity contribution is 6.13. The van der Waals surface area contributed by atoms with Gasteiger partial charge in [-0.15, -0.1) is 0 Å². The molecule has 0 saturated heterocycles. The zero-order valence-electron chi connectivity index (χ0n) is 13.3. The molecular formula is C17H14FN5O2. The largest absolute Gasteiger partial charge is 0.507 e. The minimum Gasteiger partial charge on any atom is -0.507 e. The van der Waals surface area contributed by atoms with E-state index in [1.54, 1.807) is 6.92 Å². The van der Waals surface area contributed by atoms with Gasteiger partial charge in [-0.25, -0.2) is 9.83 Å². The number of halogens is 1. The fourth-order valence-electron chi connectivity index (χ4n) is 2.60. The molecule has 2 aromatic rings. The van der Waals surface area contributed by atoms with Crippen LogP contribution in [-0.4, -0.2) is 35.0 Å². The number of carbonyl (C=O) groups is 1. The number of aliphatic imine (C=N–C) groups is 1. The Morgan fingerprint density at radius 3 is 2.96 bits per heavy atom. The van der Waals surface area contributed by atoms with Crippen molar-refractivity contribution in [3.05, 3.63) is 52.9 Å². The number of aryl methyl sites for hydroxylation is 1. The number of phenolic OH excluding ortho intramolecular Hbond substituents is 1. The summed E-state index contributed by atoms with van der Waals surface area (Å²) in [6, 6.07) is 3.79. The molecule has 1 aromatic carbocycles. The number of aromatic hydroxyl groups is 1. The summed E-state index contributed by atoms with van der Waals surface area (Å²) in [7, 11) is 0. The highest BCUT2D eigenvalue weighted by atomic mass is 19.1. The van der Waals surface area contributed by atoms with Crippen LogP contribution in [0.15, 0.2) is 29.4 Å².